The molecular weight excluding hydrogens is 436 g/mol. The molecular formula is C26H28N2O6. The van der Waals surface area contributed by atoms with Crippen molar-refractivity contribution < 1.29 is 28.3 Å². The zero-order valence-corrected chi connectivity index (χ0v) is 19.9. The van der Waals surface area contributed by atoms with Crippen LogP contribution in [0.2, 0.25) is 0 Å². The van der Waals surface area contributed by atoms with Gasteiger partial charge < -0.3 is 23.6 Å². The lowest BCUT2D eigenvalue weighted by molar-refractivity contribution is -0.134. The summed E-state index contributed by atoms with van der Waals surface area (Å²) in [4.78, 5) is 27.9. The summed E-state index contributed by atoms with van der Waals surface area (Å²) in [5, 5.41) is 5.06. The number of carbonyl (C=O) groups is 2. The van der Waals surface area contributed by atoms with E-state index in [0.717, 1.165) is 22.1 Å². The standard InChI is InChI=1S/C26H28N2O6/c1-15-11-16(2)23-18(12-15)19(27-34-23)13-22(30)28-9-7-26(8-10-28)14-20(29)17-5-6-21(31-3)25(32-4)24(17)33-26/h5-6,11-12H,7-10,13-14H2,1-4H3. The van der Waals surface area contributed by atoms with Gasteiger partial charge in [0.25, 0.3) is 0 Å². The Hall–Kier alpha value is -3.55. The number of methoxy groups -OCH3 is 2. The van der Waals surface area contributed by atoms with Crippen molar-refractivity contribution in [3.63, 3.8) is 0 Å². The molecule has 0 unspecified atom stereocenters. The van der Waals surface area contributed by atoms with Crippen LogP contribution >= 0.6 is 0 Å². The molecule has 5 rings (SSSR count). The molecule has 34 heavy (non-hydrogen) atoms. The summed E-state index contributed by atoms with van der Waals surface area (Å²) in [5.41, 5.74) is 3.34. The molecule has 1 fully saturated rings. The van der Waals surface area contributed by atoms with E-state index < -0.39 is 5.60 Å². The number of ketones is 1. The van der Waals surface area contributed by atoms with Crippen LogP contribution in [-0.2, 0) is 11.2 Å². The van der Waals surface area contributed by atoms with Crippen molar-refractivity contribution in [1.29, 1.82) is 0 Å². The Bertz CT molecular complexity index is 1290. The van der Waals surface area contributed by atoms with Crippen LogP contribution in [0.25, 0.3) is 11.0 Å². The fraction of sp³-hybridized carbons (Fsp3) is 0.423. The van der Waals surface area contributed by atoms with Gasteiger partial charge in [-0.25, -0.2) is 0 Å². The number of aromatic nitrogens is 1. The van der Waals surface area contributed by atoms with Crippen molar-refractivity contribution >= 4 is 22.7 Å². The number of benzene rings is 2. The van der Waals surface area contributed by atoms with Gasteiger partial charge in [0.05, 0.1) is 32.6 Å². The maximum Gasteiger partial charge on any atom is 0.228 e. The van der Waals surface area contributed by atoms with Crippen LogP contribution in [0.1, 0.15) is 46.4 Å². The Morgan fingerprint density at radius 3 is 2.62 bits per heavy atom. The number of amides is 1. The molecule has 3 aromatic rings. The third-order valence-electron chi connectivity index (χ3n) is 6.92. The van der Waals surface area contributed by atoms with Crippen LogP contribution in [0.3, 0.4) is 0 Å². The molecule has 0 atom stereocenters. The number of nitrogens with zero attached hydrogens (tertiary/aromatic N) is 2. The second-order valence-corrected chi connectivity index (χ2v) is 9.21. The number of rotatable bonds is 4. The largest absolute Gasteiger partial charge is 0.493 e. The van der Waals surface area contributed by atoms with Gasteiger partial charge in [-0.1, -0.05) is 11.2 Å². The van der Waals surface area contributed by atoms with Crippen molar-refractivity contribution in [3.8, 4) is 17.2 Å². The van der Waals surface area contributed by atoms with Gasteiger partial charge in [-0.3, -0.25) is 9.59 Å². The highest BCUT2D eigenvalue weighted by Crippen LogP contribution is 2.47. The van der Waals surface area contributed by atoms with Gasteiger partial charge in [0.2, 0.25) is 11.7 Å². The first-order valence-electron chi connectivity index (χ1n) is 11.4. The molecule has 1 saturated heterocycles. The summed E-state index contributed by atoms with van der Waals surface area (Å²) in [6.45, 7) is 5.00. The molecule has 0 saturated carbocycles. The molecule has 3 heterocycles. The van der Waals surface area contributed by atoms with Crippen molar-refractivity contribution in [3.05, 3.63) is 46.6 Å². The van der Waals surface area contributed by atoms with E-state index in [4.69, 9.17) is 18.7 Å². The van der Waals surface area contributed by atoms with Crippen LogP contribution < -0.4 is 14.2 Å². The molecule has 2 aliphatic rings. The van der Waals surface area contributed by atoms with Crippen molar-refractivity contribution in [2.75, 3.05) is 27.3 Å². The zero-order chi connectivity index (χ0) is 24.0. The smallest absolute Gasteiger partial charge is 0.228 e. The fourth-order valence-electron chi connectivity index (χ4n) is 5.12. The van der Waals surface area contributed by atoms with Gasteiger partial charge in [0.1, 0.15) is 11.3 Å². The lowest BCUT2D eigenvalue weighted by atomic mass is 9.82. The van der Waals surface area contributed by atoms with Crippen LogP contribution in [0.5, 0.6) is 17.2 Å². The molecule has 8 heteroatoms. The second kappa shape index (κ2) is 8.34. The summed E-state index contributed by atoms with van der Waals surface area (Å²) >= 11 is 0. The molecule has 0 radical (unpaired) electrons. The molecule has 178 valence electrons. The molecule has 0 aliphatic carbocycles. The predicted molar refractivity (Wildman–Crippen MR) is 125 cm³/mol. The van der Waals surface area contributed by atoms with E-state index in [1.807, 2.05) is 30.9 Å². The molecule has 0 bridgehead atoms. The first-order valence-corrected chi connectivity index (χ1v) is 11.4. The Balaban J connectivity index is 1.31. The Labute approximate surface area is 197 Å². The first kappa shape index (κ1) is 22.3. The van der Waals surface area contributed by atoms with Gasteiger partial charge in [0.15, 0.2) is 22.9 Å². The van der Waals surface area contributed by atoms with Crippen LogP contribution in [0, 0.1) is 13.8 Å². The quantitative estimate of drug-likeness (QED) is 0.576. The number of carbonyl (C=O) groups excluding carboxylic acids is 2. The minimum Gasteiger partial charge on any atom is -0.493 e. The molecule has 1 aromatic heterocycles. The van der Waals surface area contributed by atoms with E-state index in [0.29, 0.717) is 54.4 Å². The van der Waals surface area contributed by atoms with Gasteiger partial charge in [-0.2, -0.15) is 0 Å². The van der Waals surface area contributed by atoms with E-state index in [2.05, 4.69) is 5.16 Å². The van der Waals surface area contributed by atoms with Crippen molar-refractivity contribution in [2.45, 2.75) is 45.1 Å². The van der Waals surface area contributed by atoms with Crippen molar-refractivity contribution in [2.24, 2.45) is 0 Å². The molecule has 1 amide bonds. The summed E-state index contributed by atoms with van der Waals surface area (Å²) in [5.74, 6) is 1.38. The van der Waals surface area contributed by atoms with Crippen LogP contribution in [0.4, 0.5) is 0 Å². The molecule has 8 nitrogen and oxygen atoms in total. The molecule has 0 N–H and O–H groups in total. The highest BCUT2D eigenvalue weighted by molar-refractivity contribution is 6.01. The van der Waals surface area contributed by atoms with E-state index >= 15 is 0 Å². The minimum absolute atomic E-state index is 0.00834. The summed E-state index contributed by atoms with van der Waals surface area (Å²) in [6, 6.07) is 7.48. The lowest BCUT2D eigenvalue weighted by Crippen LogP contribution is -2.52. The maximum absolute atomic E-state index is 13.1. The third kappa shape index (κ3) is 3.67. The monoisotopic (exact) mass is 464 g/mol. The van der Waals surface area contributed by atoms with Gasteiger partial charge >= 0.3 is 0 Å². The number of piperidine rings is 1. The van der Waals surface area contributed by atoms with Crippen LogP contribution in [-0.4, -0.2) is 54.7 Å². The third-order valence-corrected chi connectivity index (χ3v) is 6.92. The van der Waals surface area contributed by atoms with E-state index in [1.165, 1.54) is 7.11 Å². The van der Waals surface area contributed by atoms with E-state index in [9.17, 15) is 9.59 Å². The maximum atomic E-state index is 13.1. The molecule has 1 spiro atoms. The number of Topliss-reactive ketones (excluding diaryl/α,β-unsaturated/α-hetero) is 1. The number of hydrogen-bond acceptors (Lipinski definition) is 7. The SMILES string of the molecule is COc1ccc2c(c1OC)OC1(CCN(C(=O)Cc3noc4c(C)cc(C)cc34)CC1)CC2=O. The summed E-state index contributed by atoms with van der Waals surface area (Å²) in [6.07, 6.45) is 1.57. The average Bonchev–Trinajstić information content (AvgIpc) is 3.21. The highest BCUT2D eigenvalue weighted by Gasteiger charge is 2.45. The number of ether oxygens (including phenoxy) is 3. The Kier molecular flexibility index (Phi) is 5.46. The highest BCUT2D eigenvalue weighted by atomic mass is 16.5. The van der Waals surface area contributed by atoms with E-state index in [1.54, 1.807) is 19.2 Å². The summed E-state index contributed by atoms with van der Waals surface area (Å²) < 4.78 is 22.8. The van der Waals surface area contributed by atoms with Gasteiger partial charge in [-0.05, 0) is 43.2 Å². The topological polar surface area (TPSA) is 91.1 Å². The van der Waals surface area contributed by atoms with E-state index in [-0.39, 0.29) is 24.5 Å². The fourth-order valence-corrected chi connectivity index (χ4v) is 5.12. The number of fused-ring (bicyclic) bond motifs is 2. The Morgan fingerprint density at radius 2 is 1.91 bits per heavy atom. The average molecular weight is 465 g/mol. The van der Waals surface area contributed by atoms with Gasteiger partial charge in [-0.15, -0.1) is 0 Å². The number of aryl methyl sites for hydroxylation is 2. The number of hydrogen-bond donors (Lipinski definition) is 0. The minimum atomic E-state index is -0.657. The molecule has 2 aliphatic heterocycles. The first-order chi connectivity index (χ1) is 16.3. The summed E-state index contributed by atoms with van der Waals surface area (Å²) in [7, 11) is 3.08. The normalized spacial score (nSPS) is 16.9. The predicted octanol–water partition coefficient (Wildman–Crippen LogP) is 4.03. The van der Waals surface area contributed by atoms with Crippen molar-refractivity contribution in [1.82, 2.24) is 10.1 Å². The Morgan fingerprint density at radius 1 is 1.15 bits per heavy atom. The molecule has 2 aromatic carbocycles. The number of likely N-dealkylation sites (tertiary alicyclic amines) is 1. The van der Waals surface area contributed by atoms with Crippen LogP contribution in [0.15, 0.2) is 28.8 Å². The zero-order valence-electron chi connectivity index (χ0n) is 19.9. The lowest BCUT2D eigenvalue weighted by Gasteiger charge is -2.44. The second-order valence-electron chi connectivity index (χ2n) is 9.21. The van der Waals surface area contributed by atoms with Gasteiger partial charge in [0, 0.05) is 31.3 Å².